The molecule has 4 heterocycles. The molecule has 0 atom stereocenters. The molecule has 0 aliphatic heterocycles. The van der Waals surface area contributed by atoms with Crippen molar-refractivity contribution in [2.24, 2.45) is 11.3 Å². The molecule has 0 saturated heterocycles. The Morgan fingerprint density at radius 3 is 2.16 bits per heavy atom. The van der Waals surface area contributed by atoms with Crippen LogP contribution in [-0.4, -0.2) is 28.2 Å². The molecular formula is C49H53GeIrN3O-2. The number of benzene rings is 3. The number of hydrogen-bond donors (Lipinski definition) is 0. The monoisotopic (exact) mass is 966 g/mol. The van der Waals surface area contributed by atoms with E-state index in [4.69, 9.17) is 19.4 Å². The van der Waals surface area contributed by atoms with Gasteiger partial charge in [0, 0.05) is 37.3 Å². The largest absolute Gasteiger partial charge is 0.486 e. The van der Waals surface area contributed by atoms with Gasteiger partial charge in [0.1, 0.15) is 0 Å². The van der Waals surface area contributed by atoms with Gasteiger partial charge in [-0.2, -0.15) is 0 Å². The van der Waals surface area contributed by atoms with Crippen molar-refractivity contribution in [1.29, 1.82) is 0 Å². The van der Waals surface area contributed by atoms with E-state index in [1.54, 1.807) is 0 Å². The third-order valence-corrected chi connectivity index (χ3v) is 15.3. The maximum atomic E-state index is 6.09. The normalized spacial score (nSPS) is 13.7. The molecule has 0 amide bonds. The maximum absolute atomic E-state index is 6.09. The molecule has 0 unspecified atom stereocenters. The van der Waals surface area contributed by atoms with Crippen LogP contribution in [0.4, 0.5) is 0 Å². The van der Waals surface area contributed by atoms with E-state index < -0.39 is 13.3 Å². The molecule has 8 rings (SSSR count). The first kappa shape index (κ1) is 40.8. The van der Waals surface area contributed by atoms with Crippen LogP contribution in [0.2, 0.25) is 17.3 Å². The molecule has 55 heavy (non-hydrogen) atoms. The van der Waals surface area contributed by atoms with Crippen molar-refractivity contribution < 1.29 is 24.5 Å². The zero-order valence-corrected chi connectivity index (χ0v) is 38.1. The average molecular weight is 965 g/mol. The van der Waals surface area contributed by atoms with E-state index in [2.05, 4.69) is 125 Å². The summed E-state index contributed by atoms with van der Waals surface area (Å²) in [7, 11) is 0. The minimum atomic E-state index is -1.90. The van der Waals surface area contributed by atoms with Gasteiger partial charge in [-0.15, -0.1) is 23.8 Å². The molecule has 1 fully saturated rings. The van der Waals surface area contributed by atoms with E-state index in [0.717, 1.165) is 62.5 Å². The quantitative estimate of drug-likeness (QED) is 0.118. The molecule has 0 spiro atoms. The number of hydrogen-bond acceptors (Lipinski definition) is 4. The maximum Gasteiger partial charge on any atom is 0.216 e. The van der Waals surface area contributed by atoms with Crippen molar-refractivity contribution in [2.45, 2.75) is 89.4 Å². The summed E-state index contributed by atoms with van der Waals surface area (Å²) in [6.45, 7) is 11.7. The molecule has 6 heteroatoms. The molecule has 1 radical (unpaired) electrons. The SMILES string of the molecule is CC(C)(C)Cc1cc(-c2[c-]cccc2)nc[c]1[Ge]([CH3])([CH3])[CH3].CC(C)(c1ccnc(-c2[c-]cc3oc4nc(-c5ccccc5)ccc4c3c2)c1)C1CCCC1.[Ir]. The van der Waals surface area contributed by atoms with E-state index >= 15 is 0 Å². The third-order valence-electron chi connectivity index (χ3n) is 11.0. The molecule has 3 aromatic carbocycles. The molecule has 1 saturated carbocycles. The first-order valence-corrected chi connectivity index (χ1v) is 26.8. The predicted octanol–water partition coefficient (Wildman–Crippen LogP) is 12.7. The first-order chi connectivity index (χ1) is 25.8. The number of fused-ring (bicyclic) bond motifs is 3. The summed E-state index contributed by atoms with van der Waals surface area (Å²) >= 11 is -1.90. The number of furan rings is 1. The van der Waals surface area contributed by atoms with Crippen molar-refractivity contribution in [2.75, 3.05) is 0 Å². The van der Waals surface area contributed by atoms with Gasteiger partial charge in [-0.05, 0) is 53.6 Å². The van der Waals surface area contributed by atoms with Crippen LogP contribution in [0.5, 0.6) is 0 Å². The minimum Gasteiger partial charge on any atom is -0.486 e. The second-order valence-corrected chi connectivity index (χ2v) is 28.3. The molecule has 1 aliphatic carbocycles. The van der Waals surface area contributed by atoms with Crippen LogP contribution in [0.1, 0.15) is 71.4 Å². The Kier molecular flexibility index (Phi) is 12.4. The number of rotatable bonds is 7. The van der Waals surface area contributed by atoms with Gasteiger partial charge in [0.05, 0.1) is 11.3 Å². The molecular weight excluding hydrogens is 911 g/mol. The molecule has 0 bridgehead atoms. The summed E-state index contributed by atoms with van der Waals surface area (Å²) in [6, 6.07) is 39.9. The Morgan fingerprint density at radius 2 is 1.47 bits per heavy atom. The number of aromatic nitrogens is 3. The van der Waals surface area contributed by atoms with Gasteiger partial charge in [-0.1, -0.05) is 68.5 Å². The van der Waals surface area contributed by atoms with Crippen molar-refractivity contribution in [3.8, 4) is 33.8 Å². The molecule has 4 aromatic heterocycles. The smallest absolute Gasteiger partial charge is 0.216 e. The molecule has 7 aromatic rings. The van der Waals surface area contributed by atoms with Gasteiger partial charge < -0.3 is 9.40 Å². The van der Waals surface area contributed by atoms with Crippen LogP contribution in [0, 0.1) is 23.5 Å². The Bertz CT molecular complexity index is 2370. The minimum absolute atomic E-state index is 0. The molecule has 285 valence electrons. The Hall–Kier alpha value is -3.90. The van der Waals surface area contributed by atoms with Gasteiger partial charge >= 0.3 is 132 Å². The molecule has 1 aliphatic rings. The van der Waals surface area contributed by atoms with Crippen molar-refractivity contribution in [3.05, 3.63) is 133 Å². The van der Waals surface area contributed by atoms with Crippen LogP contribution >= 0.6 is 0 Å². The van der Waals surface area contributed by atoms with Gasteiger partial charge in [-0.3, -0.25) is 0 Å². The second-order valence-electron chi connectivity index (χ2n) is 17.8. The Balaban J connectivity index is 0.000000204. The van der Waals surface area contributed by atoms with Gasteiger partial charge in [0.2, 0.25) is 5.71 Å². The van der Waals surface area contributed by atoms with E-state index in [-0.39, 0.29) is 25.5 Å². The van der Waals surface area contributed by atoms with Crippen molar-refractivity contribution >= 4 is 39.7 Å². The van der Waals surface area contributed by atoms with E-state index in [1.807, 2.05) is 48.7 Å². The molecule has 0 N–H and O–H groups in total. The first-order valence-electron chi connectivity index (χ1n) is 19.5. The summed E-state index contributed by atoms with van der Waals surface area (Å²) in [5.74, 6) is 8.06. The number of nitrogens with zero attached hydrogens (tertiary/aromatic N) is 3. The second kappa shape index (κ2) is 16.7. The number of pyridine rings is 3. The van der Waals surface area contributed by atoms with Crippen LogP contribution < -0.4 is 4.40 Å². The summed E-state index contributed by atoms with van der Waals surface area (Å²) < 4.78 is 7.62. The third kappa shape index (κ3) is 9.39. The zero-order chi connectivity index (χ0) is 38.1. The summed E-state index contributed by atoms with van der Waals surface area (Å²) in [5.41, 5.74) is 10.8. The van der Waals surface area contributed by atoms with Crippen molar-refractivity contribution in [1.82, 2.24) is 15.0 Å². The Labute approximate surface area is 344 Å². The van der Waals surface area contributed by atoms with Gasteiger partial charge in [0.25, 0.3) is 0 Å². The van der Waals surface area contributed by atoms with Crippen molar-refractivity contribution in [3.63, 3.8) is 0 Å². The van der Waals surface area contributed by atoms with E-state index in [0.29, 0.717) is 11.1 Å². The van der Waals surface area contributed by atoms with Crippen LogP contribution in [0.3, 0.4) is 0 Å². The topological polar surface area (TPSA) is 51.8 Å². The van der Waals surface area contributed by atoms with Gasteiger partial charge in [-0.25, -0.2) is 4.98 Å². The summed E-state index contributed by atoms with van der Waals surface area (Å²) in [6.07, 6.45) is 10.5. The van der Waals surface area contributed by atoms with Crippen LogP contribution in [-0.2, 0) is 31.9 Å². The van der Waals surface area contributed by atoms with E-state index in [1.165, 1.54) is 41.2 Å². The fraction of sp³-hybridized carbons (Fsp3) is 0.327. The Morgan fingerprint density at radius 1 is 0.745 bits per heavy atom. The predicted molar refractivity (Wildman–Crippen MR) is 229 cm³/mol. The zero-order valence-electron chi connectivity index (χ0n) is 33.6. The molecule has 4 nitrogen and oxygen atoms in total. The summed E-state index contributed by atoms with van der Waals surface area (Å²) in [5, 5.41) is 2.07. The van der Waals surface area contributed by atoms with Crippen LogP contribution in [0.25, 0.3) is 55.8 Å². The standard InChI is InChI=1S/C30H27N2O.C19H26GeN.Ir/c1-30(2,22-10-6-7-11-22)23-16-17-31-27(19-23)21-12-15-28-25(18-21)24-13-14-26(32-29(24)33-28)20-8-4-3-5-9-20;1-19(2,3)13-16-12-18(15-10-8-7-9-11-15)21-14-17(16)20(4,5)6;/h3-5,8-9,13-19,22H,6-7,10-11H2,1-2H3;7-10,12,14H,13H2,1-6H3;/q2*-1;. The van der Waals surface area contributed by atoms with Gasteiger partial charge in [0.15, 0.2) is 0 Å². The fourth-order valence-corrected chi connectivity index (χ4v) is 11.3. The summed E-state index contributed by atoms with van der Waals surface area (Å²) in [4.78, 5) is 14.2. The van der Waals surface area contributed by atoms with Crippen LogP contribution in [0.15, 0.2) is 114 Å². The van der Waals surface area contributed by atoms with E-state index in [9.17, 15) is 0 Å². The fourth-order valence-electron chi connectivity index (χ4n) is 7.97. The average Bonchev–Trinajstić information content (AvgIpc) is 3.84.